The molecule has 7 nitrogen and oxygen atoms in total. The van der Waals surface area contributed by atoms with Gasteiger partial charge in [0.05, 0.1) is 6.04 Å². The molecule has 3 unspecified atom stereocenters. The van der Waals surface area contributed by atoms with Crippen LogP contribution in [0.15, 0.2) is 30.5 Å². The van der Waals surface area contributed by atoms with E-state index >= 15 is 0 Å². The van der Waals surface area contributed by atoms with E-state index in [0.29, 0.717) is 19.4 Å². The molecular weight excluding hydrogens is 368 g/mol. The van der Waals surface area contributed by atoms with Gasteiger partial charge in [0.1, 0.15) is 12.1 Å². The van der Waals surface area contributed by atoms with Gasteiger partial charge in [0.15, 0.2) is 0 Å². The quantitative estimate of drug-likeness (QED) is 0.733. The van der Waals surface area contributed by atoms with E-state index in [1.807, 2.05) is 30.5 Å². The number of nitrogens with one attached hydrogen (secondary N) is 3. The number of benzene rings is 1. The van der Waals surface area contributed by atoms with Crippen LogP contribution >= 0.6 is 0 Å². The average molecular weight is 394 g/mol. The summed E-state index contributed by atoms with van der Waals surface area (Å²) in [4.78, 5) is 43.4. The van der Waals surface area contributed by atoms with E-state index in [1.54, 1.807) is 4.90 Å². The molecule has 7 heteroatoms. The van der Waals surface area contributed by atoms with E-state index in [-0.39, 0.29) is 29.7 Å². The summed E-state index contributed by atoms with van der Waals surface area (Å²) in [7, 11) is 0. The molecule has 2 aromatic rings. The van der Waals surface area contributed by atoms with Crippen molar-refractivity contribution in [2.45, 2.75) is 56.7 Å². The summed E-state index contributed by atoms with van der Waals surface area (Å²) in [5.74, 6) is -0.127. The first-order valence-electron chi connectivity index (χ1n) is 10.6. The van der Waals surface area contributed by atoms with Crippen LogP contribution in [0.3, 0.4) is 0 Å². The van der Waals surface area contributed by atoms with Crippen LogP contribution in [-0.4, -0.2) is 52.3 Å². The summed E-state index contributed by atoms with van der Waals surface area (Å²) >= 11 is 0. The maximum atomic E-state index is 13.1. The molecule has 3 aliphatic rings. The van der Waals surface area contributed by atoms with Crippen molar-refractivity contribution in [1.82, 2.24) is 20.5 Å². The second kappa shape index (κ2) is 7.21. The molecule has 0 bridgehead atoms. The van der Waals surface area contributed by atoms with Crippen LogP contribution in [0.2, 0.25) is 0 Å². The minimum Gasteiger partial charge on any atom is -0.361 e. The average Bonchev–Trinajstić information content (AvgIpc) is 3.46. The third-order valence-corrected chi connectivity index (χ3v) is 6.72. The zero-order valence-corrected chi connectivity index (χ0v) is 16.3. The van der Waals surface area contributed by atoms with Crippen molar-refractivity contribution in [1.29, 1.82) is 0 Å². The van der Waals surface area contributed by atoms with Gasteiger partial charge in [-0.25, -0.2) is 0 Å². The third kappa shape index (κ3) is 3.18. The van der Waals surface area contributed by atoms with Crippen molar-refractivity contribution >= 4 is 28.6 Å². The first kappa shape index (κ1) is 18.2. The zero-order valence-electron chi connectivity index (χ0n) is 16.3. The lowest BCUT2D eigenvalue weighted by atomic mass is 9.98. The summed E-state index contributed by atoms with van der Waals surface area (Å²) in [6.45, 7) is 0.511. The Hall–Kier alpha value is -2.83. The zero-order chi connectivity index (χ0) is 20.0. The maximum Gasteiger partial charge on any atom is 0.246 e. The molecule has 29 heavy (non-hydrogen) atoms. The van der Waals surface area contributed by atoms with Crippen LogP contribution in [0.1, 0.15) is 37.7 Å². The molecule has 3 heterocycles. The van der Waals surface area contributed by atoms with E-state index in [0.717, 1.165) is 42.1 Å². The van der Waals surface area contributed by atoms with Crippen LogP contribution in [0.4, 0.5) is 0 Å². The summed E-state index contributed by atoms with van der Waals surface area (Å²) in [5, 5.41) is 7.04. The lowest BCUT2D eigenvalue weighted by Crippen LogP contribution is -2.65. The summed E-state index contributed by atoms with van der Waals surface area (Å²) in [6, 6.07) is 6.49. The molecule has 2 aliphatic heterocycles. The van der Waals surface area contributed by atoms with Gasteiger partial charge in [-0.3, -0.25) is 14.4 Å². The van der Waals surface area contributed by atoms with Gasteiger partial charge in [0.2, 0.25) is 17.7 Å². The van der Waals surface area contributed by atoms with Crippen LogP contribution in [0.5, 0.6) is 0 Å². The molecule has 1 aliphatic carbocycles. The first-order valence-corrected chi connectivity index (χ1v) is 10.6. The highest BCUT2D eigenvalue weighted by Crippen LogP contribution is 2.28. The van der Waals surface area contributed by atoms with Gasteiger partial charge in [0.25, 0.3) is 0 Å². The van der Waals surface area contributed by atoms with Crippen molar-refractivity contribution in [2.75, 3.05) is 6.54 Å². The van der Waals surface area contributed by atoms with Crippen molar-refractivity contribution in [3.63, 3.8) is 0 Å². The number of aromatic amines is 1. The van der Waals surface area contributed by atoms with Crippen molar-refractivity contribution in [3.05, 3.63) is 36.0 Å². The smallest absolute Gasteiger partial charge is 0.246 e. The SMILES string of the molecule is O=C(NC1CCN2C(=O)C(Cc3c[nH]c4ccccc34)NC(=O)C12)C1CCCC1. The number of aromatic nitrogens is 1. The van der Waals surface area contributed by atoms with E-state index in [9.17, 15) is 14.4 Å². The van der Waals surface area contributed by atoms with Crippen molar-refractivity contribution < 1.29 is 14.4 Å². The molecular formula is C22H26N4O3. The fourth-order valence-corrected chi connectivity index (χ4v) is 5.18. The number of nitrogens with zero attached hydrogens (tertiary/aromatic N) is 1. The van der Waals surface area contributed by atoms with Crippen LogP contribution in [0, 0.1) is 5.92 Å². The standard InChI is InChI=1S/C22H26N4O3/c27-20(13-5-1-2-6-13)24-17-9-10-26-19(17)21(28)25-18(22(26)29)11-14-12-23-16-8-4-3-7-15(14)16/h3-4,7-8,12-13,17-19,23H,1-2,5-6,9-11H2,(H,24,27)(H,25,28). The van der Waals surface area contributed by atoms with Gasteiger partial charge in [0, 0.05) is 36.0 Å². The Kier molecular flexibility index (Phi) is 4.53. The number of fused-ring (bicyclic) bond motifs is 2. The second-order valence-electron chi connectivity index (χ2n) is 8.49. The number of carbonyl (C=O) groups excluding carboxylic acids is 3. The van der Waals surface area contributed by atoms with Crippen LogP contribution < -0.4 is 10.6 Å². The van der Waals surface area contributed by atoms with Crippen LogP contribution in [-0.2, 0) is 20.8 Å². The lowest BCUT2D eigenvalue weighted by Gasteiger charge is -2.36. The van der Waals surface area contributed by atoms with Gasteiger partial charge in [-0.05, 0) is 30.9 Å². The Morgan fingerprint density at radius 1 is 1.14 bits per heavy atom. The van der Waals surface area contributed by atoms with Gasteiger partial charge in [-0.1, -0.05) is 31.0 Å². The molecule has 152 valence electrons. The van der Waals surface area contributed by atoms with E-state index < -0.39 is 12.1 Å². The molecule has 2 saturated heterocycles. The van der Waals surface area contributed by atoms with Gasteiger partial charge < -0.3 is 20.5 Å². The van der Waals surface area contributed by atoms with Gasteiger partial charge in [-0.15, -0.1) is 0 Å². The van der Waals surface area contributed by atoms with Gasteiger partial charge >= 0.3 is 0 Å². The Bertz CT molecular complexity index is 962. The molecule has 3 N–H and O–H groups in total. The molecule has 3 fully saturated rings. The van der Waals surface area contributed by atoms with Crippen molar-refractivity contribution in [2.24, 2.45) is 5.92 Å². The predicted octanol–water partition coefficient (Wildman–Crippen LogP) is 1.48. The van der Waals surface area contributed by atoms with Crippen LogP contribution in [0.25, 0.3) is 10.9 Å². The number of hydrogen-bond acceptors (Lipinski definition) is 3. The Balaban J connectivity index is 1.29. The molecule has 3 atom stereocenters. The third-order valence-electron chi connectivity index (χ3n) is 6.72. The highest BCUT2D eigenvalue weighted by Gasteiger charge is 2.49. The summed E-state index contributed by atoms with van der Waals surface area (Å²) in [5.41, 5.74) is 2.04. The number of hydrogen-bond donors (Lipinski definition) is 3. The van der Waals surface area contributed by atoms with E-state index in [1.165, 1.54) is 0 Å². The minimum atomic E-state index is -0.591. The molecule has 0 radical (unpaired) electrons. The molecule has 1 aromatic heterocycles. The topological polar surface area (TPSA) is 94.3 Å². The molecule has 5 rings (SSSR count). The normalized spacial score (nSPS) is 27.3. The maximum absolute atomic E-state index is 13.1. The highest BCUT2D eigenvalue weighted by molar-refractivity contribution is 5.99. The second-order valence-corrected chi connectivity index (χ2v) is 8.49. The Labute approximate surface area is 169 Å². The lowest BCUT2D eigenvalue weighted by molar-refractivity contribution is -0.147. The Morgan fingerprint density at radius 3 is 2.76 bits per heavy atom. The predicted molar refractivity (Wildman–Crippen MR) is 108 cm³/mol. The van der Waals surface area contributed by atoms with Crippen molar-refractivity contribution in [3.8, 4) is 0 Å². The minimum absolute atomic E-state index is 0.0375. The fraction of sp³-hybridized carbons (Fsp3) is 0.500. The largest absolute Gasteiger partial charge is 0.361 e. The number of H-pyrrole nitrogens is 1. The summed E-state index contributed by atoms with van der Waals surface area (Å²) < 4.78 is 0. The molecule has 3 amide bonds. The number of para-hydroxylation sites is 1. The number of rotatable bonds is 4. The first-order chi connectivity index (χ1) is 14.1. The Morgan fingerprint density at radius 2 is 1.93 bits per heavy atom. The number of carbonyl (C=O) groups is 3. The molecule has 1 aromatic carbocycles. The summed E-state index contributed by atoms with van der Waals surface area (Å²) in [6.07, 6.45) is 7.01. The van der Waals surface area contributed by atoms with Gasteiger partial charge in [-0.2, -0.15) is 0 Å². The highest BCUT2D eigenvalue weighted by atomic mass is 16.2. The molecule has 0 spiro atoms. The van der Waals surface area contributed by atoms with E-state index in [4.69, 9.17) is 0 Å². The number of amides is 3. The van der Waals surface area contributed by atoms with E-state index in [2.05, 4.69) is 15.6 Å². The monoisotopic (exact) mass is 394 g/mol. The number of piperazine rings is 1. The molecule has 1 saturated carbocycles. The fourth-order valence-electron chi connectivity index (χ4n) is 5.18.